The maximum atomic E-state index is 14.0. The van der Waals surface area contributed by atoms with Gasteiger partial charge in [-0.3, -0.25) is 0 Å². The monoisotopic (exact) mass is 380 g/mol. The fraction of sp³-hybridized carbons (Fsp3) is 0.455. The first kappa shape index (κ1) is 19.7. The smallest absolute Gasteiger partial charge is 0.403 e. The van der Waals surface area contributed by atoms with E-state index in [0.717, 1.165) is 43.2 Å². The van der Waals surface area contributed by atoms with Gasteiger partial charge in [-0.05, 0) is 78.8 Å². The van der Waals surface area contributed by atoms with Crippen LogP contribution in [0, 0.1) is 11.7 Å². The van der Waals surface area contributed by atoms with Gasteiger partial charge in [0, 0.05) is 0 Å². The zero-order valence-electron chi connectivity index (χ0n) is 15.4. The standard InChI is InChI=1S/C22H24F4O/c1-2-3-15-4-6-16(7-5-15)8-9-17-10-11-18-14-21(27-22(24,25)26)20(23)13-19(18)12-17/h4-7,13-14,17H,2-3,8-12H2,1H3. The molecule has 27 heavy (non-hydrogen) atoms. The molecule has 0 amide bonds. The third kappa shape index (κ3) is 5.47. The van der Waals surface area contributed by atoms with E-state index >= 15 is 0 Å². The minimum Gasteiger partial charge on any atom is -0.403 e. The van der Waals surface area contributed by atoms with Crippen molar-refractivity contribution in [1.82, 2.24) is 0 Å². The molecule has 0 fully saturated rings. The Balaban J connectivity index is 1.60. The second-order valence-electron chi connectivity index (χ2n) is 7.31. The molecule has 3 rings (SSSR count). The number of ether oxygens (including phenoxy) is 1. The van der Waals surface area contributed by atoms with Gasteiger partial charge in [-0.15, -0.1) is 13.2 Å². The lowest BCUT2D eigenvalue weighted by Gasteiger charge is -2.25. The molecular weight excluding hydrogens is 356 g/mol. The molecule has 2 aromatic carbocycles. The quantitative estimate of drug-likeness (QED) is 0.526. The highest BCUT2D eigenvalue weighted by Crippen LogP contribution is 2.34. The van der Waals surface area contributed by atoms with Crippen LogP contribution < -0.4 is 4.74 Å². The van der Waals surface area contributed by atoms with Gasteiger partial charge >= 0.3 is 6.36 Å². The highest BCUT2D eigenvalue weighted by atomic mass is 19.4. The van der Waals surface area contributed by atoms with E-state index in [1.165, 1.54) is 23.3 Å². The Kier molecular flexibility index (Phi) is 6.08. The first-order valence-corrected chi connectivity index (χ1v) is 9.49. The largest absolute Gasteiger partial charge is 0.573 e. The second kappa shape index (κ2) is 8.32. The van der Waals surface area contributed by atoms with Crippen molar-refractivity contribution in [3.8, 4) is 5.75 Å². The zero-order valence-corrected chi connectivity index (χ0v) is 15.4. The van der Waals surface area contributed by atoms with Gasteiger partial charge in [0.2, 0.25) is 0 Å². The first-order chi connectivity index (χ1) is 12.8. The molecule has 1 aliphatic carbocycles. The third-order valence-electron chi connectivity index (χ3n) is 5.21. The van der Waals surface area contributed by atoms with Gasteiger partial charge in [0.25, 0.3) is 0 Å². The van der Waals surface area contributed by atoms with Gasteiger partial charge in [-0.1, -0.05) is 37.6 Å². The lowest BCUT2D eigenvalue weighted by Crippen LogP contribution is -2.20. The molecule has 0 spiro atoms. The van der Waals surface area contributed by atoms with Crippen molar-refractivity contribution < 1.29 is 22.3 Å². The lowest BCUT2D eigenvalue weighted by atomic mass is 9.81. The number of halogens is 4. The summed E-state index contributed by atoms with van der Waals surface area (Å²) in [5.74, 6) is -1.26. The number of benzene rings is 2. The number of alkyl halides is 3. The van der Waals surface area contributed by atoms with Crippen molar-refractivity contribution >= 4 is 0 Å². The summed E-state index contributed by atoms with van der Waals surface area (Å²) in [5.41, 5.74) is 4.20. The molecule has 146 valence electrons. The summed E-state index contributed by atoms with van der Waals surface area (Å²) in [7, 11) is 0. The Morgan fingerprint density at radius 2 is 1.67 bits per heavy atom. The zero-order chi connectivity index (χ0) is 19.4. The van der Waals surface area contributed by atoms with Crippen LogP contribution in [0.3, 0.4) is 0 Å². The predicted octanol–water partition coefficient (Wildman–Crippen LogP) is 6.41. The van der Waals surface area contributed by atoms with Gasteiger partial charge in [-0.25, -0.2) is 4.39 Å². The Morgan fingerprint density at radius 3 is 2.30 bits per heavy atom. The fourth-order valence-electron chi connectivity index (χ4n) is 3.81. The normalized spacial score (nSPS) is 16.9. The maximum Gasteiger partial charge on any atom is 0.573 e. The number of hydrogen-bond donors (Lipinski definition) is 0. The lowest BCUT2D eigenvalue weighted by molar-refractivity contribution is -0.275. The predicted molar refractivity (Wildman–Crippen MR) is 97.4 cm³/mol. The molecule has 2 aromatic rings. The van der Waals surface area contributed by atoms with E-state index in [9.17, 15) is 17.6 Å². The molecule has 0 heterocycles. The summed E-state index contributed by atoms with van der Waals surface area (Å²) in [4.78, 5) is 0. The molecule has 0 aliphatic heterocycles. The fourth-order valence-corrected chi connectivity index (χ4v) is 3.81. The molecular formula is C22H24F4O. The van der Waals surface area contributed by atoms with Crippen LogP contribution in [0.15, 0.2) is 36.4 Å². The van der Waals surface area contributed by atoms with Gasteiger partial charge < -0.3 is 4.74 Å². The highest BCUT2D eigenvalue weighted by Gasteiger charge is 2.33. The van der Waals surface area contributed by atoms with Crippen LogP contribution in [0.2, 0.25) is 0 Å². The van der Waals surface area contributed by atoms with Crippen LogP contribution in [-0.2, 0) is 25.7 Å². The van der Waals surface area contributed by atoms with Gasteiger partial charge in [0.05, 0.1) is 0 Å². The summed E-state index contributed by atoms with van der Waals surface area (Å²) < 4.78 is 54.8. The van der Waals surface area contributed by atoms with E-state index in [4.69, 9.17) is 0 Å². The van der Waals surface area contributed by atoms with Crippen LogP contribution in [0.25, 0.3) is 0 Å². The third-order valence-corrected chi connectivity index (χ3v) is 5.21. The number of aryl methyl sites for hydroxylation is 3. The SMILES string of the molecule is CCCc1ccc(CCC2CCc3cc(OC(F)(F)F)c(F)cc3C2)cc1. The number of fused-ring (bicyclic) bond motifs is 1. The molecule has 5 heteroatoms. The molecule has 1 atom stereocenters. The van der Waals surface area contributed by atoms with Crippen molar-refractivity contribution in [2.75, 3.05) is 0 Å². The summed E-state index contributed by atoms with van der Waals surface area (Å²) in [5, 5.41) is 0. The van der Waals surface area contributed by atoms with Crippen LogP contribution in [0.1, 0.15) is 48.4 Å². The molecule has 0 bridgehead atoms. The summed E-state index contributed by atoms with van der Waals surface area (Å²) >= 11 is 0. The van der Waals surface area contributed by atoms with Gasteiger partial charge in [0.15, 0.2) is 11.6 Å². The van der Waals surface area contributed by atoms with Crippen LogP contribution in [0.4, 0.5) is 17.6 Å². The first-order valence-electron chi connectivity index (χ1n) is 9.49. The average molecular weight is 380 g/mol. The summed E-state index contributed by atoms with van der Waals surface area (Å²) in [6.07, 6.45) is 1.56. The Bertz CT molecular complexity index is 765. The van der Waals surface area contributed by atoms with E-state index in [-0.39, 0.29) is 0 Å². The van der Waals surface area contributed by atoms with Crippen molar-refractivity contribution in [1.29, 1.82) is 0 Å². The van der Waals surface area contributed by atoms with E-state index in [1.54, 1.807) is 0 Å². The topological polar surface area (TPSA) is 9.23 Å². The van der Waals surface area contributed by atoms with Crippen molar-refractivity contribution in [3.63, 3.8) is 0 Å². The minimum absolute atomic E-state index is 0.418. The maximum absolute atomic E-state index is 14.0. The molecule has 1 nitrogen and oxygen atoms in total. The van der Waals surface area contributed by atoms with Gasteiger partial charge in [0.1, 0.15) is 0 Å². The molecule has 0 radical (unpaired) electrons. The Labute approximate surface area is 157 Å². The van der Waals surface area contributed by atoms with E-state index in [1.807, 2.05) is 0 Å². The Hall–Kier alpha value is -2.04. The molecule has 0 saturated heterocycles. The number of hydrogen-bond acceptors (Lipinski definition) is 1. The van der Waals surface area contributed by atoms with E-state index < -0.39 is 17.9 Å². The molecule has 1 unspecified atom stereocenters. The minimum atomic E-state index is -4.88. The van der Waals surface area contributed by atoms with Crippen LogP contribution in [-0.4, -0.2) is 6.36 Å². The van der Waals surface area contributed by atoms with Crippen molar-refractivity contribution in [3.05, 3.63) is 64.5 Å². The van der Waals surface area contributed by atoms with Gasteiger partial charge in [-0.2, -0.15) is 0 Å². The van der Waals surface area contributed by atoms with Crippen LogP contribution in [0.5, 0.6) is 5.75 Å². The van der Waals surface area contributed by atoms with Crippen molar-refractivity contribution in [2.45, 2.75) is 58.2 Å². The van der Waals surface area contributed by atoms with E-state index in [2.05, 4.69) is 35.9 Å². The molecule has 0 saturated carbocycles. The summed E-state index contributed by atoms with van der Waals surface area (Å²) in [6.45, 7) is 2.16. The van der Waals surface area contributed by atoms with Crippen LogP contribution >= 0.6 is 0 Å². The highest BCUT2D eigenvalue weighted by molar-refractivity contribution is 5.39. The average Bonchev–Trinajstić information content (AvgIpc) is 2.61. The molecule has 0 aromatic heterocycles. The van der Waals surface area contributed by atoms with E-state index in [0.29, 0.717) is 18.8 Å². The molecule has 0 N–H and O–H groups in total. The summed E-state index contributed by atoms with van der Waals surface area (Å²) in [6, 6.07) is 11.1. The second-order valence-corrected chi connectivity index (χ2v) is 7.31. The molecule has 1 aliphatic rings. The number of rotatable bonds is 6. The van der Waals surface area contributed by atoms with Crippen molar-refractivity contribution in [2.24, 2.45) is 5.92 Å². The Morgan fingerprint density at radius 1 is 1.00 bits per heavy atom.